The van der Waals surface area contributed by atoms with Crippen molar-refractivity contribution in [3.8, 4) is 0 Å². The van der Waals surface area contributed by atoms with Crippen molar-refractivity contribution in [3.05, 3.63) is 48.0 Å². The third kappa shape index (κ3) is 3.72. The first-order valence-electron chi connectivity index (χ1n) is 12.6. The van der Waals surface area contributed by atoms with Gasteiger partial charge in [0.2, 0.25) is 5.91 Å². The van der Waals surface area contributed by atoms with E-state index in [4.69, 9.17) is 0 Å². The van der Waals surface area contributed by atoms with Gasteiger partial charge in [-0.1, -0.05) is 36.4 Å². The molecule has 0 unspecified atom stereocenters. The number of rotatable bonds is 4. The van der Waals surface area contributed by atoms with E-state index in [1.54, 1.807) is 0 Å². The fourth-order valence-corrected chi connectivity index (χ4v) is 7.90. The first kappa shape index (κ1) is 20.3. The summed E-state index contributed by atoms with van der Waals surface area (Å²) in [4.78, 5) is 28.3. The number of nitrogens with zero attached hydrogens (tertiary/aromatic N) is 1. The van der Waals surface area contributed by atoms with E-state index < -0.39 is 0 Å². The highest BCUT2D eigenvalue weighted by molar-refractivity contribution is 6.07. The third-order valence-electron chi connectivity index (χ3n) is 8.91. The van der Waals surface area contributed by atoms with Crippen molar-refractivity contribution in [3.63, 3.8) is 0 Å². The lowest BCUT2D eigenvalue weighted by atomic mass is 9.49. The quantitative estimate of drug-likeness (QED) is 0.728. The van der Waals surface area contributed by atoms with Crippen LogP contribution in [0.25, 0.3) is 10.8 Å². The summed E-state index contributed by atoms with van der Waals surface area (Å²) >= 11 is 0. The maximum absolute atomic E-state index is 13.2. The molecule has 5 aliphatic rings. The number of carbonyl (C=O) groups is 2. The predicted molar refractivity (Wildman–Crippen MR) is 126 cm³/mol. The second kappa shape index (κ2) is 7.90. The Morgan fingerprint density at radius 3 is 2.19 bits per heavy atom. The zero-order valence-corrected chi connectivity index (χ0v) is 18.9. The van der Waals surface area contributed by atoms with Crippen LogP contribution in [-0.4, -0.2) is 35.8 Å². The first-order valence-corrected chi connectivity index (χ1v) is 12.6. The van der Waals surface area contributed by atoms with Crippen LogP contribution in [0.5, 0.6) is 0 Å². The number of nitrogens with one attached hydrogen (secondary N) is 1. The monoisotopic (exact) mass is 430 g/mol. The molecule has 1 saturated heterocycles. The Morgan fingerprint density at radius 2 is 1.50 bits per heavy atom. The number of fused-ring (bicyclic) bond motifs is 1. The van der Waals surface area contributed by atoms with Gasteiger partial charge in [-0.15, -0.1) is 0 Å². The highest BCUT2D eigenvalue weighted by atomic mass is 16.2. The molecule has 5 fully saturated rings. The molecule has 168 valence electrons. The fourth-order valence-electron chi connectivity index (χ4n) is 7.90. The van der Waals surface area contributed by atoms with Crippen molar-refractivity contribution < 1.29 is 9.59 Å². The Bertz CT molecular complexity index is 996. The number of amides is 2. The summed E-state index contributed by atoms with van der Waals surface area (Å²) in [6.07, 6.45) is 10.6. The van der Waals surface area contributed by atoms with Crippen LogP contribution in [-0.2, 0) is 4.79 Å². The number of carbonyl (C=O) groups excluding carboxylic acids is 2. The lowest BCUT2D eigenvalue weighted by Gasteiger charge is -2.57. The van der Waals surface area contributed by atoms with Crippen LogP contribution in [0.1, 0.15) is 68.1 Å². The molecule has 4 heteroatoms. The maximum Gasteiger partial charge on any atom is 0.252 e. The number of hydrogen-bond acceptors (Lipinski definition) is 2. The number of benzene rings is 2. The fraction of sp³-hybridized carbons (Fsp3) is 0.571. The van der Waals surface area contributed by atoms with E-state index in [0.29, 0.717) is 11.3 Å². The predicted octanol–water partition coefficient (Wildman–Crippen LogP) is 5.17. The largest absolute Gasteiger partial charge is 0.349 e. The van der Waals surface area contributed by atoms with Gasteiger partial charge in [0.1, 0.15) is 0 Å². The van der Waals surface area contributed by atoms with E-state index in [1.165, 1.54) is 38.5 Å². The minimum absolute atomic E-state index is 0.000133. The van der Waals surface area contributed by atoms with E-state index in [9.17, 15) is 9.59 Å². The molecule has 0 radical (unpaired) electrons. The van der Waals surface area contributed by atoms with Crippen LogP contribution in [0.15, 0.2) is 42.5 Å². The van der Waals surface area contributed by atoms with Gasteiger partial charge in [0, 0.05) is 31.1 Å². The molecule has 1 heterocycles. The number of hydrogen-bond donors (Lipinski definition) is 1. The van der Waals surface area contributed by atoms with Crippen LogP contribution < -0.4 is 5.32 Å². The molecule has 0 atom stereocenters. The highest BCUT2D eigenvalue weighted by Gasteiger charge is 2.51. The van der Waals surface area contributed by atoms with Crippen molar-refractivity contribution in [2.45, 2.75) is 63.8 Å². The van der Waals surface area contributed by atoms with Crippen LogP contribution >= 0.6 is 0 Å². The lowest BCUT2D eigenvalue weighted by Crippen LogP contribution is -2.50. The molecule has 7 rings (SSSR count). The Hall–Kier alpha value is -2.36. The molecule has 32 heavy (non-hydrogen) atoms. The van der Waals surface area contributed by atoms with Gasteiger partial charge in [-0.2, -0.15) is 0 Å². The van der Waals surface area contributed by atoms with Crippen molar-refractivity contribution in [1.82, 2.24) is 10.2 Å². The van der Waals surface area contributed by atoms with Crippen molar-refractivity contribution in [2.24, 2.45) is 23.2 Å². The molecule has 0 aromatic heterocycles. The average molecular weight is 431 g/mol. The van der Waals surface area contributed by atoms with Crippen molar-refractivity contribution >= 4 is 22.6 Å². The van der Waals surface area contributed by atoms with Gasteiger partial charge in [-0.3, -0.25) is 9.59 Å². The van der Waals surface area contributed by atoms with Crippen LogP contribution in [0.3, 0.4) is 0 Å². The van der Waals surface area contributed by atoms with Crippen LogP contribution in [0, 0.1) is 23.2 Å². The minimum atomic E-state index is 0.000133. The van der Waals surface area contributed by atoms with Crippen molar-refractivity contribution in [2.75, 3.05) is 13.1 Å². The molecule has 1 N–H and O–H groups in total. The normalized spacial score (nSPS) is 31.8. The summed E-state index contributed by atoms with van der Waals surface area (Å²) in [7, 11) is 0. The minimum Gasteiger partial charge on any atom is -0.349 e. The molecule has 4 aliphatic carbocycles. The van der Waals surface area contributed by atoms with E-state index >= 15 is 0 Å². The topological polar surface area (TPSA) is 49.4 Å². The summed E-state index contributed by atoms with van der Waals surface area (Å²) in [5.74, 6) is 3.04. The Balaban J connectivity index is 1.05. The second-order valence-corrected chi connectivity index (χ2v) is 11.2. The van der Waals surface area contributed by atoms with Gasteiger partial charge < -0.3 is 10.2 Å². The SMILES string of the molecule is O=C(NC1CCN(C(=O)CC23CC4CC(CC(C4)C2)C3)CC1)c1cccc2ccccc12. The maximum atomic E-state index is 13.2. The average Bonchev–Trinajstić information content (AvgIpc) is 2.78. The molecule has 4 saturated carbocycles. The smallest absolute Gasteiger partial charge is 0.252 e. The van der Waals surface area contributed by atoms with Crippen molar-refractivity contribution in [1.29, 1.82) is 0 Å². The van der Waals surface area contributed by atoms with Crippen LogP contribution in [0.2, 0.25) is 0 Å². The van der Waals surface area contributed by atoms with Gasteiger partial charge >= 0.3 is 0 Å². The van der Waals surface area contributed by atoms with E-state index in [-0.39, 0.29) is 11.9 Å². The van der Waals surface area contributed by atoms with E-state index in [0.717, 1.165) is 66.4 Å². The highest BCUT2D eigenvalue weighted by Crippen LogP contribution is 2.61. The summed E-state index contributed by atoms with van der Waals surface area (Å²) in [5, 5.41) is 5.32. The summed E-state index contributed by atoms with van der Waals surface area (Å²) in [6.45, 7) is 1.54. The molecule has 1 aliphatic heterocycles. The van der Waals surface area contributed by atoms with E-state index in [2.05, 4.69) is 10.2 Å². The summed E-state index contributed by atoms with van der Waals surface area (Å²) < 4.78 is 0. The Labute approximate surface area is 190 Å². The molecular formula is C28H34N2O2. The molecule has 2 aromatic carbocycles. The molecule has 4 bridgehead atoms. The second-order valence-electron chi connectivity index (χ2n) is 11.2. The third-order valence-corrected chi connectivity index (χ3v) is 8.91. The first-order chi connectivity index (χ1) is 15.6. The standard InChI is InChI=1S/C28H34N2O2/c31-26(18-28-15-19-12-20(16-28)14-21(13-19)17-28)30-10-8-23(9-11-30)29-27(32)25-7-3-5-22-4-1-2-6-24(22)25/h1-7,19-21,23H,8-18H2,(H,29,32). The van der Waals surface area contributed by atoms with Gasteiger partial charge in [-0.05, 0) is 91.4 Å². The lowest BCUT2D eigenvalue weighted by molar-refractivity contribution is -0.140. The van der Waals surface area contributed by atoms with Gasteiger partial charge in [0.25, 0.3) is 5.91 Å². The molecule has 2 aromatic rings. The van der Waals surface area contributed by atoms with Gasteiger partial charge in [0.05, 0.1) is 0 Å². The van der Waals surface area contributed by atoms with Gasteiger partial charge in [0.15, 0.2) is 0 Å². The molecular weight excluding hydrogens is 396 g/mol. The van der Waals surface area contributed by atoms with Crippen LogP contribution in [0.4, 0.5) is 0 Å². The van der Waals surface area contributed by atoms with Gasteiger partial charge in [-0.25, -0.2) is 0 Å². The molecule has 2 amide bonds. The Morgan fingerprint density at radius 1 is 0.875 bits per heavy atom. The Kier molecular flexibility index (Phi) is 5.00. The summed E-state index contributed by atoms with van der Waals surface area (Å²) in [6, 6.07) is 14.1. The zero-order valence-electron chi connectivity index (χ0n) is 18.9. The number of likely N-dealkylation sites (tertiary alicyclic amines) is 1. The zero-order chi connectivity index (χ0) is 21.7. The molecule has 4 nitrogen and oxygen atoms in total. The molecule has 0 spiro atoms. The number of piperidine rings is 1. The summed E-state index contributed by atoms with van der Waals surface area (Å²) in [5.41, 5.74) is 1.05. The van der Waals surface area contributed by atoms with E-state index in [1.807, 2.05) is 42.5 Å².